The maximum Gasteiger partial charge on any atom is 0.267 e. The summed E-state index contributed by atoms with van der Waals surface area (Å²) in [4.78, 5) is 31.5. The van der Waals surface area contributed by atoms with Gasteiger partial charge in [-0.3, -0.25) is 14.3 Å². The zero-order valence-corrected chi connectivity index (χ0v) is 14.1. The number of aryl methyl sites for hydroxylation is 2. The fourth-order valence-corrected chi connectivity index (χ4v) is 3.53. The van der Waals surface area contributed by atoms with Crippen LogP contribution >= 0.6 is 0 Å². The highest BCUT2D eigenvalue weighted by molar-refractivity contribution is 6.37. The second kappa shape index (κ2) is 5.04. The average Bonchev–Trinajstić information content (AvgIpc) is 3.08. The Morgan fingerprint density at radius 1 is 1.08 bits per heavy atom. The van der Waals surface area contributed by atoms with Crippen molar-refractivity contribution in [3.05, 3.63) is 41.2 Å². The summed E-state index contributed by atoms with van der Waals surface area (Å²) in [6, 6.07) is 5.03. The van der Waals surface area contributed by atoms with Gasteiger partial charge in [0, 0.05) is 19.3 Å². The van der Waals surface area contributed by atoms with E-state index in [2.05, 4.69) is 10.1 Å². The van der Waals surface area contributed by atoms with Crippen molar-refractivity contribution < 1.29 is 19.1 Å². The van der Waals surface area contributed by atoms with E-state index >= 15 is 0 Å². The normalized spacial score (nSPS) is 15.7. The lowest BCUT2D eigenvalue weighted by Crippen LogP contribution is -2.29. The van der Waals surface area contributed by atoms with Crippen molar-refractivity contribution in [2.45, 2.75) is 6.92 Å². The van der Waals surface area contributed by atoms with Gasteiger partial charge in [-0.2, -0.15) is 5.10 Å². The van der Waals surface area contributed by atoms with E-state index in [1.807, 2.05) is 0 Å². The van der Waals surface area contributed by atoms with Crippen molar-refractivity contribution in [1.82, 2.24) is 14.8 Å². The van der Waals surface area contributed by atoms with E-state index in [9.17, 15) is 9.59 Å². The SMILES string of the molecule is Cc1nn(C)c2ncc3c(c12)C(=O)N(c1ccc2c(c1)OCCO2)C3=O. The summed E-state index contributed by atoms with van der Waals surface area (Å²) in [6.07, 6.45) is 1.44. The Kier molecular flexibility index (Phi) is 2.89. The third kappa shape index (κ3) is 1.83. The number of carbonyl (C=O) groups is 2. The first-order valence-electron chi connectivity index (χ1n) is 8.17. The van der Waals surface area contributed by atoms with Crippen molar-refractivity contribution >= 4 is 28.5 Å². The van der Waals surface area contributed by atoms with Gasteiger partial charge in [-0.05, 0) is 19.1 Å². The van der Waals surface area contributed by atoms with Gasteiger partial charge in [-0.1, -0.05) is 0 Å². The molecule has 0 atom stereocenters. The summed E-state index contributed by atoms with van der Waals surface area (Å²) in [7, 11) is 1.76. The number of ether oxygens (including phenoxy) is 2. The van der Waals surface area contributed by atoms with E-state index < -0.39 is 5.91 Å². The summed E-state index contributed by atoms with van der Waals surface area (Å²) >= 11 is 0. The maximum absolute atomic E-state index is 13.1. The molecule has 8 nitrogen and oxygen atoms in total. The number of rotatable bonds is 1. The predicted molar refractivity (Wildman–Crippen MR) is 91.8 cm³/mol. The van der Waals surface area contributed by atoms with E-state index in [-0.39, 0.29) is 11.5 Å². The quantitative estimate of drug-likeness (QED) is 0.623. The number of imide groups is 1. The molecule has 2 aliphatic rings. The van der Waals surface area contributed by atoms with Crippen molar-refractivity contribution in [3.63, 3.8) is 0 Å². The molecule has 0 N–H and O–H groups in total. The van der Waals surface area contributed by atoms with Gasteiger partial charge in [0.15, 0.2) is 17.1 Å². The Bertz CT molecular complexity index is 1120. The second-order valence-electron chi connectivity index (χ2n) is 6.23. The first-order valence-corrected chi connectivity index (χ1v) is 8.17. The molecule has 0 radical (unpaired) electrons. The Balaban J connectivity index is 1.67. The van der Waals surface area contributed by atoms with Gasteiger partial charge in [0.2, 0.25) is 0 Å². The molecule has 130 valence electrons. The summed E-state index contributed by atoms with van der Waals surface area (Å²) in [5, 5.41) is 4.93. The first-order chi connectivity index (χ1) is 12.6. The lowest BCUT2D eigenvalue weighted by atomic mass is 10.1. The van der Waals surface area contributed by atoms with E-state index in [0.717, 1.165) is 4.90 Å². The number of amides is 2. The number of anilines is 1. The number of fused-ring (bicyclic) bond motifs is 4. The maximum atomic E-state index is 13.1. The zero-order valence-electron chi connectivity index (χ0n) is 14.1. The third-order valence-electron chi connectivity index (χ3n) is 4.66. The molecule has 2 aromatic heterocycles. The largest absolute Gasteiger partial charge is 0.486 e. The fourth-order valence-electron chi connectivity index (χ4n) is 3.53. The Morgan fingerprint density at radius 2 is 1.85 bits per heavy atom. The molecular formula is C18H14N4O4. The van der Waals surface area contributed by atoms with Crippen LogP contribution < -0.4 is 14.4 Å². The first kappa shape index (κ1) is 14.9. The highest BCUT2D eigenvalue weighted by Gasteiger charge is 2.40. The zero-order chi connectivity index (χ0) is 18.0. The molecule has 0 spiro atoms. The highest BCUT2D eigenvalue weighted by atomic mass is 16.6. The molecule has 1 aromatic carbocycles. The average molecular weight is 350 g/mol. The van der Waals surface area contributed by atoms with Gasteiger partial charge >= 0.3 is 0 Å². The fraction of sp³-hybridized carbons (Fsp3) is 0.222. The van der Waals surface area contributed by atoms with Gasteiger partial charge in [-0.15, -0.1) is 0 Å². The molecule has 4 heterocycles. The Hall–Kier alpha value is -3.42. The third-order valence-corrected chi connectivity index (χ3v) is 4.66. The van der Waals surface area contributed by atoms with Crippen LogP contribution in [0.25, 0.3) is 11.0 Å². The molecular weight excluding hydrogens is 336 g/mol. The lowest BCUT2D eigenvalue weighted by Gasteiger charge is -2.21. The molecule has 26 heavy (non-hydrogen) atoms. The molecule has 8 heteroatoms. The van der Waals surface area contributed by atoms with Crippen LogP contribution in [0.2, 0.25) is 0 Å². The molecule has 5 rings (SSSR count). The smallest absolute Gasteiger partial charge is 0.267 e. The van der Waals surface area contributed by atoms with Crippen LogP contribution in [0.4, 0.5) is 5.69 Å². The molecule has 0 saturated carbocycles. The number of carbonyl (C=O) groups excluding carboxylic acids is 2. The van der Waals surface area contributed by atoms with Crippen LogP contribution in [0, 0.1) is 6.92 Å². The summed E-state index contributed by atoms with van der Waals surface area (Å²) < 4.78 is 12.7. The van der Waals surface area contributed by atoms with Crippen molar-refractivity contribution in [1.29, 1.82) is 0 Å². The van der Waals surface area contributed by atoms with Gasteiger partial charge in [0.25, 0.3) is 11.8 Å². The molecule has 0 saturated heterocycles. The lowest BCUT2D eigenvalue weighted by molar-refractivity contribution is 0.0926. The second-order valence-corrected chi connectivity index (χ2v) is 6.23. The van der Waals surface area contributed by atoms with Crippen LogP contribution in [-0.4, -0.2) is 39.8 Å². The number of nitrogens with zero attached hydrogens (tertiary/aromatic N) is 4. The number of aromatic nitrogens is 3. The topological polar surface area (TPSA) is 86.6 Å². The number of benzene rings is 1. The van der Waals surface area contributed by atoms with Crippen molar-refractivity contribution in [3.8, 4) is 11.5 Å². The Labute approximate surface area is 147 Å². The molecule has 0 bridgehead atoms. The molecule has 2 aliphatic heterocycles. The Morgan fingerprint density at radius 3 is 2.65 bits per heavy atom. The minimum Gasteiger partial charge on any atom is -0.486 e. The van der Waals surface area contributed by atoms with Crippen LogP contribution in [0.5, 0.6) is 11.5 Å². The predicted octanol–water partition coefficient (Wildman–Crippen LogP) is 1.85. The minimum atomic E-state index is -0.403. The van der Waals surface area contributed by atoms with Gasteiger partial charge in [0.05, 0.1) is 27.9 Å². The summed E-state index contributed by atoms with van der Waals surface area (Å²) in [5.41, 5.74) is 2.31. The summed E-state index contributed by atoms with van der Waals surface area (Å²) in [5.74, 6) is 0.333. The minimum absolute atomic E-state index is 0.286. The van der Waals surface area contributed by atoms with E-state index in [0.29, 0.717) is 52.7 Å². The molecule has 0 unspecified atom stereocenters. The number of hydrogen-bond acceptors (Lipinski definition) is 6. The van der Waals surface area contributed by atoms with Crippen LogP contribution in [0.1, 0.15) is 26.4 Å². The molecule has 0 fully saturated rings. The van der Waals surface area contributed by atoms with Crippen molar-refractivity contribution in [2.24, 2.45) is 7.05 Å². The summed E-state index contributed by atoms with van der Waals surface area (Å²) in [6.45, 7) is 2.70. The molecule has 0 aliphatic carbocycles. The van der Waals surface area contributed by atoms with E-state index in [4.69, 9.17) is 9.47 Å². The number of pyridine rings is 1. The van der Waals surface area contributed by atoms with Gasteiger partial charge in [0.1, 0.15) is 13.2 Å². The monoisotopic (exact) mass is 350 g/mol. The van der Waals surface area contributed by atoms with Gasteiger partial charge in [-0.25, -0.2) is 9.88 Å². The van der Waals surface area contributed by atoms with E-state index in [1.54, 1.807) is 36.9 Å². The molecule has 3 aromatic rings. The van der Waals surface area contributed by atoms with Crippen LogP contribution in [0.3, 0.4) is 0 Å². The highest BCUT2D eigenvalue weighted by Crippen LogP contribution is 2.38. The van der Waals surface area contributed by atoms with E-state index in [1.165, 1.54) is 6.20 Å². The van der Waals surface area contributed by atoms with Crippen LogP contribution in [-0.2, 0) is 7.05 Å². The van der Waals surface area contributed by atoms with Crippen molar-refractivity contribution in [2.75, 3.05) is 18.1 Å². The molecule has 2 amide bonds. The number of hydrogen-bond donors (Lipinski definition) is 0. The van der Waals surface area contributed by atoms with Crippen LogP contribution in [0.15, 0.2) is 24.4 Å². The standard InChI is InChI=1S/C18H14N4O4/c1-9-14-15-11(8-19-16(14)21(2)20-9)17(23)22(18(15)24)10-3-4-12-13(7-10)26-6-5-25-12/h3-4,7-8H,5-6H2,1-2H3. The van der Waals surface area contributed by atoms with Gasteiger partial charge < -0.3 is 9.47 Å².